The van der Waals surface area contributed by atoms with Crippen LogP contribution in [0.1, 0.15) is 27.9 Å². The Morgan fingerprint density at radius 1 is 0.897 bits per heavy atom. The Bertz CT molecular complexity index is 1170. The van der Waals surface area contributed by atoms with E-state index in [2.05, 4.69) is 0 Å². The van der Waals surface area contributed by atoms with Gasteiger partial charge in [0, 0.05) is 18.1 Å². The molecule has 29 heavy (non-hydrogen) atoms. The van der Waals surface area contributed by atoms with E-state index in [4.69, 9.17) is 4.74 Å². The molecule has 2 aliphatic rings. The second-order valence-electron chi connectivity index (χ2n) is 7.32. The average molecular weight is 381 g/mol. The molecule has 3 aromatic rings. The van der Waals surface area contributed by atoms with Gasteiger partial charge in [0.1, 0.15) is 11.3 Å². The van der Waals surface area contributed by atoms with Gasteiger partial charge < -0.3 is 4.74 Å². The molecule has 0 fully saturated rings. The molecule has 1 atom stereocenters. The molecule has 142 valence electrons. The van der Waals surface area contributed by atoms with Gasteiger partial charge in [-0.3, -0.25) is 14.5 Å². The van der Waals surface area contributed by atoms with E-state index in [0.29, 0.717) is 23.4 Å². The molecule has 1 amide bonds. The smallest absolute Gasteiger partial charge is 0.252 e. The molecule has 0 unspecified atom stereocenters. The molecule has 0 saturated carbocycles. The minimum atomic E-state index is -1.12. The number of hydrogen-bond donors (Lipinski definition) is 0. The zero-order valence-corrected chi connectivity index (χ0v) is 16.0. The highest BCUT2D eigenvalue weighted by molar-refractivity contribution is 6.25. The first kappa shape index (κ1) is 17.4. The summed E-state index contributed by atoms with van der Waals surface area (Å²) in [5.74, 6) is 0.413. The number of carbonyl (C=O) groups is 2. The van der Waals surface area contributed by atoms with Crippen LogP contribution in [0.2, 0.25) is 0 Å². The van der Waals surface area contributed by atoms with E-state index in [-0.39, 0.29) is 11.7 Å². The van der Waals surface area contributed by atoms with E-state index in [0.717, 1.165) is 16.7 Å². The number of methoxy groups -OCH3 is 1. The van der Waals surface area contributed by atoms with E-state index in [1.165, 1.54) is 0 Å². The molecule has 3 aromatic carbocycles. The average Bonchev–Trinajstić information content (AvgIpc) is 3.04. The number of para-hydroxylation sites is 1. The maximum absolute atomic E-state index is 13.8. The fourth-order valence-electron chi connectivity index (χ4n) is 4.48. The first-order valence-corrected chi connectivity index (χ1v) is 9.54. The van der Waals surface area contributed by atoms with Crippen LogP contribution in [0.5, 0.6) is 5.75 Å². The van der Waals surface area contributed by atoms with Gasteiger partial charge in [0.2, 0.25) is 0 Å². The van der Waals surface area contributed by atoms with Crippen molar-refractivity contribution in [3.05, 3.63) is 102 Å². The van der Waals surface area contributed by atoms with Crippen LogP contribution < -0.4 is 9.64 Å². The van der Waals surface area contributed by atoms with E-state index in [1.807, 2.05) is 72.8 Å². The number of amides is 1. The zero-order valence-electron chi connectivity index (χ0n) is 16.0. The van der Waals surface area contributed by atoms with Gasteiger partial charge in [-0.1, -0.05) is 54.6 Å². The van der Waals surface area contributed by atoms with Crippen LogP contribution in [0.25, 0.3) is 5.57 Å². The van der Waals surface area contributed by atoms with E-state index >= 15 is 0 Å². The number of ether oxygens (including phenoxy) is 1. The number of benzene rings is 3. The Hall–Kier alpha value is -3.66. The summed E-state index contributed by atoms with van der Waals surface area (Å²) in [5, 5.41) is 0. The molecule has 5 rings (SSSR count). The molecular weight excluding hydrogens is 362 g/mol. The van der Waals surface area contributed by atoms with Crippen LogP contribution in [0, 0.1) is 0 Å². The summed E-state index contributed by atoms with van der Waals surface area (Å²) >= 11 is 0. The summed E-state index contributed by atoms with van der Waals surface area (Å²) in [6.45, 7) is 0. The fraction of sp³-hybridized carbons (Fsp3) is 0.120. The second-order valence-corrected chi connectivity index (χ2v) is 7.32. The van der Waals surface area contributed by atoms with Crippen molar-refractivity contribution in [2.24, 2.45) is 0 Å². The third-order valence-electron chi connectivity index (χ3n) is 5.80. The van der Waals surface area contributed by atoms with E-state index < -0.39 is 5.54 Å². The summed E-state index contributed by atoms with van der Waals surface area (Å²) in [7, 11) is 1.60. The van der Waals surface area contributed by atoms with Crippen LogP contribution in [-0.2, 0) is 10.3 Å². The number of anilines is 1. The quantitative estimate of drug-likeness (QED) is 0.666. The lowest BCUT2D eigenvalue weighted by Gasteiger charge is -2.41. The minimum Gasteiger partial charge on any atom is -0.497 e. The van der Waals surface area contributed by atoms with Crippen molar-refractivity contribution < 1.29 is 14.3 Å². The Morgan fingerprint density at radius 3 is 2.45 bits per heavy atom. The van der Waals surface area contributed by atoms with Gasteiger partial charge in [0.25, 0.3) is 5.91 Å². The highest BCUT2D eigenvalue weighted by Crippen LogP contribution is 2.52. The van der Waals surface area contributed by atoms with Crippen LogP contribution in [0.3, 0.4) is 0 Å². The number of Topliss-reactive ketones (excluding diaryl/α,β-unsaturated/α-hetero) is 1. The maximum atomic E-state index is 13.8. The Balaban J connectivity index is 1.76. The van der Waals surface area contributed by atoms with Gasteiger partial charge in [-0.15, -0.1) is 0 Å². The maximum Gasteiger partial charge on any atom is 0.252 e. The van der Waals surface area contributed by atoms with Gasteiger partial charge in [-0.25, -0.2) is 0 Å². The van der Waals surface area contributed by atoms with Crippen molar-refractivity contribution in [1.29, 1.82) is 0 Å². The molecule has 0 bridgehead atoms. The molecule has 0 aromatic heterocycles. The molecule has 2 heterocycles. The molecule has 0 N–H and O–H groups in total. The third kappa shape index (κ3) is 2.46. The first-order chi connectivity index (χ1) is 14.1. The lowest BCUT2D eigenvalue weighted by Crippen LogP contribution is -2.52. The predicted octanol–water partition coefficient (Wildman–Crippen LogP) is 4.61. The Kier molecular flexibility index (Phi) is 3.88. The van der Waals surface area contributed by atoms with Crippen molar-refractivity contribution in [2.75, 3.05) is 12.0 Å². The van der Waals surface area contributed by atoms with Gasteiger partial charge in [0.15, 0.2) is 5.78 Å². The van der Waals surface area contributed by atoms with Crippen molar-refractivity contribution in [3.63, 3.8) is 0 Å². The first-order valence-electron chi connectivity index (χ1n) is 9.54. The summed E-state index contributed by atoms with van der Waals surface area (Å²) in [5.41, 5.74) is 2.69. The molecule has 0 aliphatic carbocycles. The van der Waals surface area contributed by atoms with Gasteiger partial charge in [-0.2, -0.15) is 0 Å². The lowest BCUT2D eigenvalue weighted by atomic mass is 9.76. The van der Waals surface area contributed by atoms with E-state index in [9.17, 15) is 9.59 Å². The highest BCUT2D eigenvalue weighted by atomic mass is 16.5. The number of carbonyl (C=O) groups excluding carboxylic acids is 2. The number of rotatable bonds is 3. The summed E-state index contributed by atoms with van der Waals surface area (Å²) in [6.07, 6.45) is 2.06. The lowest BCUT2D eigenvalue weighted by molar-refractivity contribution is -0.115. The van der Waals surface area contributed by atoms with Crippen LogP contribution in [0.4, 0.5) is 5.69 Å². The number of hydrogen-bond acceptors (Lipinski definition) is 3. The molecule has 4 nitrogen and oxygen atoms in total. The normalized spacial score (nSPS) is 20.2. The van der Waals surface area contributed by atoms with Crippen molar-refractivity contribution >= 4 is 23.0 Å². The summed E-state index contributed by atoms with van der Waals surface area (Å²) in [6, 6.07) is 24.6. The third-order valence-corrected chi connectivity index (χ3v) is 5.80. The summed E-state index contributed by atoms with van der Waals surface area (Å²) in [4.78, 5) is 28.8. The van der Waals surface area contributed by atoms with Gasteiger partial charge >= 0.3 is 0 Å². The predicted molar refractivity (Wildman–Crippen MR) is 112 cm³/mol. The van der Waals surface area contributed by atoms with E-state index in [1.54, 1.807) is 24.2 Å². The number of fused-ring (bicyclic) bond motifs is 3. The Morgan fingerprint density at radius 2 is 1.66 bits per heavy atom. The topological polar surface area (TPSA) is 46.6 Å². The molecule has 0 spiro atoms. The fourth-order valence-corrected chi connectivity index (χ4v) is 4.48. The molecular formula is C25H19NO3. The van der Waals surface area contributed by atoms with Crippen LogP contribution in [0.15, 0.2) is 84.9 Å². The number of nitrogens with zero attached hydrogens (tertiary/aromatic N) is 1. The molecule has 0 saturated heterocycles. The van der Waals surface area contributed by atoms with Crippen LogP contribution >= 0.6 is 0 Å². The zero-order chi connectivity index (χ0) is 20.0. The number of ketones is 1. The Labute approximate surface area is 169 Å². The van der Waals surface area contributed by atoms with Crippen molar-refractivity contribution in [2.45, 2.75) is 12.0 Å². The monoisotopic (exact) mass is 381 g/mol. The minimum absolute atomic E-state index is 0.0590. The molecule has 0 radical (unpaired) electrons. The van der Waals surface area contributed by atoms with Gasteiger partial charge in [0.05, 0.1) is 12.8 Å². The molecule has 2 aliphatic heterocycles. The highest BCUT2D eigenvalue weighted by Gasteiger charge is 2.56. The molecule has 4 heteroatoms. The second kappa shape index (κ2) is 6.45. The van der Waals surface area contributed by atoms with Gasteiger partial charge in [-0.05, 0) is 41.0 Å². The van der Waals surface area contributed by atoms with Crippen LogP contribution in [-0.4, -0.2) is 18.8 Å². The van der Waals surface area contributed by atoms with Crippen molar-refractivity contribution in [1.82, 2.24) is 0 Å². The van der Waals surface area contributed by atoms with Crippen molar-refractivity contribution in [3.8, 4) is 5.75 Å². The largest absolute Gasteiger partial charge is 0.497 e. The SMILES string of the molecule is COc1cccc([C@]23CC(c4ccccc4)=CC(=O)N2c2ccccc2C3=O)c1. The standard InChI is InChI=1S/C25H19NO3/c1-29-20-11-7-10-19(15-20)25-16-18(17-8-3-2-4-9-17)14-23(27)26(25)22-13-6-5-12-21(22)24(25)28/h2-15H,16H2,1H3/t25-/m0/s1. The summed E-state index contributed by atoms with van der Waals surface area (Å²) < 4.78 is 5.41.